The maximum atomic E-state index is 11.8. The van der Waals surface area contributed by atoms with Crippen LogP contribution in [0.2, 0.25) is 0 Å². The number of aliphatic carboxylic acids is 1. The summed E-state index contributed by atoms with van der Waals surface area (Å²) < 4.78 is 0. The molecule has 1 aromatic rings. The van der Waals surface area contributed by atoms with Gasteiger partial charge in [0, 0.05) is 18.0 Å². The molecule has 0 radical (unpaired) electrons. The lowest BCUT2D eigenvalue weighted by Crippen LogP contribution is -2.56. The Morgan fingerprint density at radius 3 is 2.89 bits per heavy atom. The quantitative estimate of drug-likeness (QED) is 0.837. The number of nitrogens with one attached hydrogen (secondary N) is 1. The largest absolute Gasteiger partial charge is 0.481 e. The van der Waals surface area contributed by atoms with E-state index >= 15 is 0 Å². The highest BCUT2D eigenvalue weighted by atomic mass is 32.1. The topological polar surface area (TPSA) is 82.5 Å². The molecule has 1 atom stereocenters. The number of amides is 1. The van der Waals surface area contributed by atoms with Gasteiger partial charge in [-0.05, 0) is 13.8 Å². The van der Waals surface area contributed by atoms with Crippen LogP contribution < -0.4 is 10.2 Å². The Kier molecular flexibility index (Phi) is 3.51. The Labute approximate surface area is 109 Å². The van der Waals surface area contributed by atoms with E-state index in [0.29, 0.717) is 13.1 Å². The second-order valence-electron chi connectivity index (χ2n) is 4.24. The molecule has 1 unspecified atom stereocenters. The number of hydrogen-bond donors (Lipinski definition) is 2. The van der Waals surface area contributed by atoms with Gasteiger partial charge in [-0.15, -0.1) is 11.3 Å². The van der Waals surface area contributed by atoms with E-state index < -0.39 is 12.0 Å². The van der Waals surface area contributed by atoms with Crippen molar-refractivity contribution in [3.63, 3.8) is 0 Å². The molecule has 1 aromatic heterocycles. The van der Waals surface area contributed by atoms with Crippen LogP contribution in [0, 0.1) is 13.8 Å². The molecule has 7 heteroatoms. The summed E-state index contributed by atoms with van der Waals surface area (Å²) >= 11 is 1.50. The second-order valence-corrected chi connectivity index (χ2v) is 5.42. The number of carbonyl (C=O) groups excluding carboxylic acids is 1. The molecule has 0 aromatic carbocycles. The normalized spacial score (nSPS) is 19.8. The van der Waals surface area contributed by atoms with E-state index in [4.69, 9.17) is 5.11 Å². The molecule has 2 heterocycles. The van der Waals surface area contributed by atoms with Crippen LogP contribution in [0.5, 0.6) is 0 Å². The lowest BCUT2D eigenvalue weighted by Gasteiger charge is -2.33. The number of aromatic nitrogens is 1. The Hall–Kier alpha value is -1.63. The summed E-state index contributed by atoms with van der Waals surface area (Å²) in [6.07, 6.45) is -0.205. The summed E-state index contributed by atoms with van der Waals surface area (Å²) in [6, 6.07) is -0.666. The molecule has 2 N–H and O–H groups in total. The van der Waals surface area contributed by atoms with Gasteiger partial charge in [-0.1, -0.05) is 0 Å². The molecule has 1 saturated heterocycles. The molecule has 0 saturated carbocycles. The van der Waals surface area contributed by atoms with Gasteiger partial charge in [-0.3, -0.25) is 9.59 Å². The summed E-state index contributed by atoms with van der Waals surface area (Å²) in [7, 11) is 0. The van der Waals surface area contributed by atoms with Crippen molar-refractivity contribution in [3.8, 4) is 0 Å². The number of piperazine rings is 1. The van der Waals surface area contributed by atoms with Crippen molar-refractivity contribution in [2.75, 3.05) is 18.0 Å². The fourth-order valence-corrected chi connectivity index (χ4v) is 2.88. The predicted octanol–water partition coefficient (Wildman–Crippen LogP) is 0.539. The first-order valence-corrected chi connectivity index (χ1v) is 6.51. The van der Waals surface area contributed by atoms with Gasteiger partial charge in [0.05, 0.1) is 12.1 Å². The van der Waals surface area contributed by atoms with Gasteiger partial charge in [0.1, 0.15) is 6.04 Å². The minimum absolute atomic E-state index is 0.205. The molecule has 0 spiro atoms. The minimum atomic E-state index is -0.980. The molecule has 2 rings (SSSR count). The average molecular weight is 269 g/mol. The zero-order chi connectivity index (χ0) is 13.3. The number of carbonyl (C=O) groups is 2. The number of carboxylic acids is 1. The van der Waals surface area contributed by atoms with Crippen LogP contribution in [0.3, 0.4) is 0 Å². The smallest absolute Gasteiger partial charge is 0.305 e. The highest BCUT2D eigenvalue weighted by Crippen LogP contribution is 2.28. The summed E-state index contributed by atoms with van der Waals surface area (Å²) in [6.45, 7) is 4.99. The summed E-state index contributed by atoms with van der Waals surface area (Å²) in [5.41, 5.74) is 0.926. The zero-order valence-electron chi connectivity index (χ0n) is 10.3. The van der Waals surface area contributed by atoms with E-state index in [1.165, 1.54) is 11.3 Å². The molecule has 1 amide bonds. The zero-order valence-corrected chi connectivity index (χ0v) is 11.1. The first kappa shape index (κ1) is 12.8. The van der Waals surface area contributed by atoms with E-state index in [9.17, 15) is 9.59 Å². The third-order valence-electron chi connectivity index (χ3n) is 2.96. The van der Waals surface area contributed by atoms with Crippen molar-refractivity contribution >= 4 is 28.3 Å². The van der Waals surface area contributed by atoms with E-state index in [1.54, 1.807) is 4.90 Å². The van der Waals surface area contributed by atoms with Crippen molar-refractivity contribution < 1.29 is 14.7 Å². The second kappa shape index (κ2) is 4.93. The Bertz CT molecular complexity index is 466. The molecule has 0 bridgehead atoms. The highest BCUT2D eigenvalue weighted by Gasteiger charge is 2.33. The number of hydrogen-bond acceptors (Lipinski definition) is 5. The average Bonchev–Trinajstić information content (AvgIpc) is 2.61. The predicted molar refractivity (Wildman–Crippen MR) is 68.0 cm³/mol. The number of thiazole rings is 1. The Morgan fingerprint density at radius 1 is 1.61 bits per heavy atom. The van der Waals surface area contributed by atoms with Gasteiger partial charge >= 0.3 is 5.97 Å². The van der Waals surface area contributed by atoms with Crippen molar-refractivity contribution in [2.45, 2.75) is 26.3 Å². The summed E-state index contributed by atoms with van der Waals surface area (Å²) in [5.74, 6) is -1.22. The number of rotatable bonds is 3. The SMILES string of the molecule is Cc1nc(N2CCNC(=O)C2CC(=O)O)sc1C. The van der Waals surface area contributed by atoms with Gasteiger partial charge in [0.25, 0.3) is 0 Å². The van der Waals surface area contributed by atoms with E-state index in [1.807, 2.05) is 13.8 Å². The molecule has 18 heavy (non-hydrogen) atoms. The molecular weight excluding hydrogens is 254 g/mol. The third kappa shape index (κ3) is 2.45. The van der Waals surface area contributed by atoms with Crippen LogP contribution in [-0.2, 0) is 9.59 Å². The van der Waals surface area contributed by atoms with Crippen LogP contribution in [0.1, 0.15) is 17.0 Å². The van der Waals surface area contributed by atoms with E-state index in [-0.39, 0.29) is 12.3 Å². The standard InChI is InChI=1S/C11H15N3O3S/c1-6-7(2)18-11(13-6)14-4-3-12-10(17)8(14)5-9(15)16/h8H,3-5H2,1-2H3,(H,12,17)(H,15,16). The van der Waals surface area contributed by atoms with Crippen LogP contribution in [0.25, 0.3) is 0 Å². The molecule has 6 nitrogen and oxygen atoms in total. The highest BCUT2D eigenvalue weighted by molar-refractivity contribution is 7.15. The molecule has 1 aliphatic heterocycles. The van der Waals surface area contributed by atoms with Crippen molar-refractivity contribution in [1.29, 1.82) is 0 Å². The Morgan fingerprint density at radius 2 is 2.33 bits per heavy atom. The molecule has 1 aliphatic rings. The molecular formula is C11H15N3O3S. The van der Waals surface area contributed by atoms with Gasteiger partial charge in [0.15, 0.2) is 5.13 Å². The number of nitrogens with zero attached hydrogens (tertiary/aromatic N) is 2. The monoisotopic (exact) mass is 269 g/mol. The summed E-state index contributed by atoms with van der Waals surface area (Å²) in [5, 5.41) is 12.3. The third-order valence-corrected chi connectivity index (χ3v) is 4.07. The molecule has 0 aliphatic carbocycles. The maximum absolute atomic E-state index is 11.8. The lowest BCUT2D eigenvalue weighted by atomic mass is 10.1. The van der Waals surface area contributed by atoms with Crippen LogP contribution in [0.15, 0.2) is 0 Å². The van der Waals surface area contributed by atoms with Crippen LogP contribution in [-0.4, -0.2) is 41.1 Å². The maximum Gasteiger partial charge on any atom is 0.305 e. The van der Waals surface area contributed by atoms with Crippen LogP contribution >= 0.6 is 11.3 Å². The first-order valence-electron chi connectivity index (χ1n) is 5.69. The molecule has 1 fully saturated rings. The first-order chi connectivity index (χ1) is 8.49. The van der Waals surface area contributed by atoms with Gasteiger partial charge in [-0.25, -0.2) is 4.98 Å². The fraction of sp³-hybridized carbons (Fsp3) is 0.545. The molecule has 98 valence electrons. The lowest BCUT2D eigenvalue weighted by molar-refractivity contribution is -0.139. The van der Waals surface area contributed by atoms with Gasteiger partial charge < -0.3 is 15.3 Å². The number of aryl methyl sites for hydroxylation is 2. The Balaban J connectivity index is 2.27. The van der Waals surface area contributed by atoms with Crippen LogP contribution in [0.4, 0.5) is 5.13 Å². The van der Waals surface area contributed by atoms with Crippen molar-refractivity contribution in [3.05, 3.63) is 10.6 Å². The van der Waals surface area contributed by atoms with E-state index in [2.05, 4.69) is 10.3 Å². The van der Waals surface area contributed by atoms with E-state index in [0.717, 1.165) is 15.7 Å². The minimum Gasteiger partial charge on any atom is -0.481 e. The van der Waals surface area contributed by atoms with Gasteiger partial charge in [0.2, 0.25) is 5.91 Å². The van der Waals surface area contributed by atoms with Gasteiger partial charge in [-0.2, -0.15) is 0 Å². The number of anilines is 1. The van der Waals surface area contributed by atoms with Crippen molar-refractivity contribution in [2.24, 2.45) is 0 Å². The fourth-order valence-electron chi connectivity index (χ4n) is 1.89. The van der Waals surface area contributed by atoms with Crippen molar-refractivity contribution in [1.82, 2.24) is 10.3 Å². The summed E-state index contributed by atoms with van der Waals surface area (Å²) in [4.78, 5) is 29.9. The number of carboxylic acid groups (broad SMARTS) is 1.